The normalized spacial score (nSPS) is 13.6. The second kappa shape index (κ2) is 53.0. The topological polar surface area (TPSA) is 155 Å². The van der Waals surface area contributed by atoms with E-state index in [0.29, 0.717) is 19.3 Å². The summed E-state index contributed by atoms with van der Waals surface area (Å²) in [6.07, 6.45) is 53.8. The summed E-state index contributed by atoms with van der Waals surface area (Å²) in [4.78, 5) is 48.5. The number of hydrogen-bond acceptors (Lipinski definition) is 10. The molecule has 0 bridgehead atoms. The Hall–Kier alpha value is -2.30. The van der Waals surface area contributed by atoms with Crippen molar-refractivity contribution in [3.8, 4) is 0 Å². The van der Waals surface area contributed by atoms with Crippen molar-refractivity contribution in [3.63, 3.8) is 0 Å². The Morgan fingerprint density at radius 1 is 0.414 bits per heavy atom. The minimum Gasteiger partial charge on any atom is -0.462 e. The predicted octanol–water partition coefficient (Wildman–Crippen LogP) is 16.8. The van der Waals surface area contributed by atoms with E-state index in [1.165, 1.54) is 128 Å². The van der Waals surface area contributed by atoms with Crippen LogP contribution in [0.5, 0.6) is 0 Å². The first-order chi connectivity index (χ1) is 34.2. The molecule has 0 spiro atoms. The SMILES string of the molecule is CC/C=C\C/C=C\C/C=C\CCCCCCCCCC(=O)OC(COC(=O)CCCCCCCCCCCCC)COP(=O)(O)OCC(CO)OC(=O)CCCCCCCCCCCCCCCCC. The third-order valence-corrected chi connectivity index (χ3v) is 13.5. The van der Waals surface area contributed by atoms with Crippen molar-refractivity contribution < 1.29 is 52.2 Å². The van der Waals surface area contributed by atoms with Gasteiger partial charge in [0.25, 0.3) is 0 Å². The molecule has 0 aliphatic rings. The number of ether oxygens (including phenoxy) is 3. The summed E-state index contributed by atoms with van der Waals surface area (Å²) in [5.74, 6) is -1.46. The van der Waals surface area contributed by atoms with Gasteiger partial charge in [-0.1, -0.05) is 243 Å². The molecule has 2 N–H and O–H groups in total. The molecule has 3 atom stereocenters. The molecule has 410 valence electrons. The first kappa shape index (κ1) is 67.7. The smallest absolute Gasteiger partial charge is 0.462 e. The number of rotatable bonds is 54. The van der Waals surface area contributed by atoms with Crippen LogP contribution in [0.25, 0.3) is 0 Å². The van der Waals surface area contributed by atoms with Crippen LogP contribution in [0.3, 0.4) is 0 Å². The number of unbranched alkanes of at least 4 members (excludes halogenated alkanes) is 31. The van der Waals surface area contributed by atoms with E-state index in [4.69, 9.17) is 23.3 Å². The van der Waals surface area contributed by atoms with Crippen LogP contribution in [0.15, 0.2) is 36.5 Å². The number of hydrogen-bond donors (Lipinski definition) is 2. The Labute approximate surface area is 429 Å². The van der Waals surface area contributed by atoms with Gasteiger partial charge in [0.05, 0.1) is 19.8 Å². The van der Waals surface area contributed by atoms with Gasteiger partial charge in [-0.3, -0.25) is 23.4 Å². The number of phosphoric acid groups is 1. The van der Waals surface area contributed by atoms with Gasteiger partial charge in [0.2, 0.25) is 0 Å². The minimum atomic E-state index is -4.74. The summed E-state index contributed by atoms with van der Waals surface area (Å²) < 4.78 is 39.5. The van der Waals surface area contributed by atoms with E-state index in [0.717, 1.165) is 89.9 Å². The molecule has 0 radical (unpaired) electrons. The van der Waals surface area contributed by atoms with E-state index < -0.39 is 57.8 Å². The van der Waals surface area contributed by atoms with Gasteiger partial charge in [0, 0.05) is 19.3 Å². The zero-order chi connectivity index (χ0) is 51.3. The van der Waals surface area contributed by atoms with Crippen LogP contribution in [-0.2, 0) is 42.2 Å². The lowest BCUT2D eigenvalue weighted by atomic mass is 10.0. The molecule has 0 saturated heterocycles. The average Bonchev–Trinajstić information content (AvgIpc) is 3.35. The molecular formula is C58H107O11P. The molecule has 0 aromatic heterocycles. The number of aliphatic hydroxyl groups excluding tert-OH is 1. The highest BCUT2D eigenvalue weighted by molar-refractivity contribution is 7.47. The van der Waals surface area contributed by atoms with Gasteiger partial charge < -0.3 is 24.2 Å². The molecule has 0 fully saturated rings. The quantitative estimate of drug-likeness (QED) is 0.0197. The standard InChI is InChI=1S/C58H107O11P/c1-4-7-10-13-16-19-22-24-26-27-29-31-34-37-40-43-46-49-58(62)69-55(51-65-56(60)47-44-41-38-35-32-21-18-15-12-9-6-3)53-67-70(63,64)66-52-54(50-59)68-57(61)48-45-42-39-36-33-30-28-25-23-20-17-14-11-8-5-2/h7,10,16,19,24,26,54-55,59H,4-6,8-9,11-15,17-18,20-23,25,27-53H2,1-3H3,(H,63,64)/b10-7-,19-16-,26-24-. The molecule has 11 nitrogen and oxygen atoms in total. The monoisotopic (exact) mass is 1010 g/mol. The maximum Gasteiger partial charge on any atom is 0.472 e. The van der Waals surface area contributed by atoms with Crippen molar-refractivity contribution in [3.05, 3.63) is 36.5 Å². The van der Waals surface area contributed by atoms with Crippen LogP contribution < -0.4 is 0 Å². The second-order valence-corrected chi connectivity index (χ2v) is 20.9. The summed E-state index contributed by atoms with van der Waals surface area (Å²) in [5.41, 5.74) is 0. The van der Waals surface area contributed by atoms with Crippen molar-refractivity contribution in [1.82, 2.24) is 0 Å². The summed E-state index contributed by atoms with van der Waals surface area (Å²) >= 11 is 0. The Morgan fingerprint density at radius 3 is 1.14 bits per heavy atom. The van der Waals surface area contributed by atoms with Crippen molar-refractivity contribution in [1.29, 1.82) is 0 Å². The van der Waals surface area contributed by atoms with Gasteiger partial charge in [-0.25, -0.2) is 4.57 Å². The van der Waals surface area contributed by atoms with Crippen LogP contribution in [0, 0.1) is 0 Å². The van der Waals surface area contributed by atoms with Crippen molar-refractivity contribution >= 4 is 25.7 Å². The number of esters is 3. The van der Waals surface area contributed by atoms with Crippen LogP contribution >= 0.6 is 7.82 Å². The number of carbonyl (C=O) groups is 3. The molecule has 70 heavy (non-hydrogen) atoms. The Balaban J connectivity index is 4.66. The van der Waals surface area contributed by atoms with E-state index in [1.54, 1.807) is 0 Å². The predicted molar refractivity (Wildman–Crippen MR) is 289 cm³/mol. The van der Waals surface area contributed by atoms with E-state index in [2.05, 4.69) is 57.2 Å². The first-order valence-corrected chi connectivity index (χ1v) is 30.4. The maximum atomic E-state index is 12.9. The lowest BCUT2D eigenvalue weighted by molar-refractivity contribution is -0.161. The fourth-order valence-electron chi connectivity index (χ4n) is 8.20. The van der Waals surface area contributed by atoms with E-state index >= 15 is 0 Å². The van der Waals surface area contributed by atoms with E-state index in [9.17, 15) is 28.9 Å². The highest BCUT2D eigenvalue weighted by Crippen LogP contribution is 2.43. The lowest BCUT2D eigenvalue weighted by Crippen LogP contribution is -2.30. The van der Waals surface area contributed by atoms with Gasteiger partial charge in [-0.05, 0) is 51.4 Å². The van der Waals surface area contributed by atoms with Crippen molar-refractivity contribution in [2.75, 3.05) is 26.4 Å². The molecule has 0 aliphatic carbocycles. The summed E-state index contributed by atoms with van der Waals surface area (Å²) in [6, 6.07) is 0. The van der Waals surface area contributed by atoms with Crippen LogP contribution in [0.2, 0.25) is 0 Å². The lowest BCUT2D eigenvalue weighted by Gasteiger charge is -2.21. The molecule has 3 unspecified atom stereocenters. The fraction of sp³-hybridized carbons (Fsp3) is 0.845. The zero-order valence-corrected chi connectivity index (χ0v) is 46.1. The van der Waals surface area contributed by atoms with E-state index in [1.807, 2.05) is 0 Å². The zero-order valence-electron chi connectivity index (χ0n) is 45.2. The first-order valence-electron chi connectivity index (χ1n) is 28.9. The largest absolute Gasteiger partial charge is 0.472 e. The molecule has 0 aliphatic heterocycles. The van der Waals surface area contributed by atoms with Crippen molar-refractivity contribution in [2.24, 2.45) is 0 Å². The summed E-state index contributed by atoms with van der Waals surface area (Å²) in [5, 5.41) is 9.81. The van der Waals surface area contributed by atoms with Gasteiger partial charge >= 0.3 is 25.7 Å². The molecular weight excluding hydrogens is 904 g/mol. The molecule has 0 amide bonds. The fourth-order valence-corrected chi connectivity index (χ4v) is 8.98. The number of aliphatic hydroxyl groups is 1. The molecule has 0 aromatic rings. The molecule has 0 rings (SSSR count). The Morgan fingerprint density at radius 2 is 0.743 bits per heavy atom. The minimum absolute atomic E-state index is 0.160. The maximum absolute atomic E-state index is 12.9. The number of allylic oxidation sites excluding steroid dienone is 6. The van der Waals surface area contributed by atoms with Crippen LogP contribution in [-0.4, -0.2) is 66.5 Å². The van der Waals surface area contributed by atoms with Crippen LogP contribution in [0.4, 0.5) is 0 Å². The molecule has 0 aromatic carbocycles. The molecule has 0 heterocycles. The van der Waals surface area contributed by atoms with Gasteiger partial charge in [-0.2, -0.15) is 0 Å². The Bertz CT molecular complexity index is 1320. The van der Waals surface area contributed by atoms with Crippen molar-refractivity contribution in [2.45, 2.75) is 290 Å². The van der Waals surface area contributed by atoms with Gasteiger partial charge in [-0.15, -0.1) is 0 Å². The summed E-state index contributed by atoms with van der Waals surface area (Å²) in [7, 11) is -4.74. The van der Waals surface area contributed by atoms with Crippen LogP contribution in [0.1, 0.15) is 278 Å². The second-order valence-electron chi connectivity index (χ2n) is 19.4. The number of phosphoric ester groups is 1. The Kier molecular flexibility index (Phi) is 51.3. The highest BCUT2D eigenvalue weighted by Gasteiger charge is 2.28. The average molecular weight is 1010 g/mol. The molecule has 12 heteroatoms. The third-order valence-electron chi connectivity index (χ3n) is 12.6. The summed E-state index contributed by atoms with van der Waals surface area (Å²) in [6.45, 7) is 4.56. The number of carbonyl (C=O) groups excluding carboxylic acids is 3. The van der Waals surface area contributed by atoms with E-state index in [-0.39, 0.29) is 25.9 Å². The van der Waals surface area contributed by atoms with Gasteiger partial charge in [0.15, 0.2) is 6.10 Å². The van der Waals surface area contributed by atoms with Gasteiger partial charge in [0.1, 0.15) is 12.7 Å². The highest BCUT2D eigenvalue weighted by atomic mass is 31.2. The third kappa shape index (κ3) is 50.6. The molecule has 0 saturated carbocycles.